The maximum absolute atomic E-state index is 12.3. The minimum absolute atomic E-state index is 0.0472. The molecule has 0 bridgehead atoms. The van der Waals surface area contributed by atoms with E-state index in [1.54, 1.807) is 0 Å². The van der Waals surface area contributed by atoms with Crippen molar-refractivity contribution in [2.45, 2.75) is 18.9 Å². The van der Waals surface area contributed by atoms with E-state index in [0.29, 0.717) is 11.8 Å². The fourth-order valence-corrected chi connectivity index (χ4v) is 3.96. The summed E-state index contributed by atoms with van der Waals surface area (Å²) < 4.78 is 5.66. The monoisotopic (exact) mass is 322 g/mol. The molecule has 2 aromatic carbocycles. The van der Waals surface area contributed by atoms with Gasteiger partial charge in [0.1, 0.15) is 6.10 Å². The van der Waals surface area contributed by atoms with Crippen molar-refractivity contribution in [3.63, 3.8) is 0 Å². The molecule has 0 unspecified atom stereocenters. The number of ether oxygens (including phenoxy) is 1. The Morgan fingerprint density at radius 1 is 0.958 bits per heavy atom. The van der Waals surface area contributed by atoms with Gasteiger partial charge in [0.25, 0.3) is 0 Å². The second kappa shape index (κ2) is 6.65. The first-order valence-electron chi connectivity index (χ1n) is 8.62. The second-order valence-electron chi connectivity index (χ2n) is 6.71. The average Bonchev–Trinajstić information content (AvgIpc) is 3.17. The fourth-order valence-electron chi connectivity index (χ4n) is 3.96. The van der Waals surface area contributed by atoms with Crippen LogP contribution >= 0.6 is 0 Å². The van der Waals surface area contributed by atoms with Gasteiger partial charge in [-0.3, -0.25) is 5.32 Å². The summed E-state index contributed by atoms with van der Waals surface area (Å²) in [4.78, 5) is 12.3. The highest BCUT2D eigenvalue weighted by Gasteiger charge is 2.39. The lowest BCUT2D eigenvalue weighted by Crippen LogP contribution is -2.23. The predicted molar refractivity (Wildman–Crippen MR) is 94.9 cm³/mol. The van der Waals surface area contributed by atoms with Crippen LogP contribution in [0, 0.1) is 11.8 Å². The third-order valence-electron chi connectivity index (χ3n) is 5.13. The van der Waals surface area contributed by atoms with Crippen LogP contribution in [-0.2, 0) is 4.74 Å². The molecule has 24 heavy (non-hydrogen) atoms. The largest absolute Gasteiger partial charge is 0.446 e. The zero-order valence-electron chi connectivity index (χ0n) is 13.6. The topological polar surface area (TPSA) is 50.4 Å². The molecule has 1 aliphatic carbocycles. The Bertz CT molecular complexity index is 705. The van der Waals surface area contributed by atoms with Crippen molar-refractivity contribution >= 4 is 11.8 Å². The fraction of sp³-hybridized carbons (Fsp3) is 0.350. The van der Waals surface area contributed by atoms with E-state index in [9.17, 15) is 4.79 Å². The lowest BCUT2D eigenvalue weighted by Gasteiger charge is -2.15. The molecule has 1 saturated heterocycles. The van der Waals surface area contributed by atoms with E-state index in [4.69, 9.17) is 4.74 Å². The molecule has 3 atom stereocenters. The average molecular weight is 322 g/mol. The minimum Gasteiger partial charge on any atom is -0.446 e. The highest BCUT2D eigenvalue weighted by atomic mass is 16.6. The van der Waals surface area contributed by atoms with E-state index >= 15 is 0 Å². The molecular formula is C20H22N2O2. The SMILES string of the molecule is O=C(Nc1ccccc1-c1ccccc1)O[C@@H]1C[C@H]2CNC[C@H]2C1. The molecule has 1 amide bonds. The Balaban J connectivity index is 1.43. The quantitative estimate of drug-likeness (QED) is 0.901. The Hall–Kier alpha value is -2.33. The zero-order valence-corrected chi connectivity index (χ0v) is 13.6. The number of anilines is 1. The summed E-state index contributed by atoms with van der Waals surface area (Å²) in [6.07, 6.45) is 1.65. The minimum atomic E-state index is -0.351. The molecule has 0 aromatic heterocycles. The molecule has 4 nitrogen and oxygen atoms in total. The van der Waals surface area contributed by atoms with Gasteiger partial charge in [0.05, 0.1) is 5.69 Å². The van der Waals surface area contributed by atoms with E-state index in [2.05, 4.69) is 10.6 Å². The number of fused-ring (bicyclic) bond motifs is 1. The van der Waals surface area contributed by atoms with Gasteiger partial charge < -0.3 is 10.1 Å². The van der Waals surface area contributed by atoms with E-state index < -0.39 is 0 Å². The van der Waals surface area contributed by atoms with Crippen molar-refractivity contribution in [2.75, 3.05) is 18.4 Å². The van der Waals surface area contributed by atoms with Gasteiger partial charge in [-0.1, -0.05) is 48.5 Å². The van der Waals surface area contributed by atoms with Gasteiger partial charge in [-0.15, -0.1) is 0 Å². The van der Waals surface area contributed by atoms with Crippen LogP contribution < -0.4 is 10.6 Å². The maximum atomic E-state index is 12.3. The number of carbonyl (C=O) groups is 1. The first-order chi connectivity index (χ1) is 11.8. The normalized spacial score (nSPS) is 25.2. The molecule has 1 aliphatic heterocycles. The van der Waals surface area contributed by atoms with Gasteiger partial charge in [-0.05, 0) is 49.4 Å². The summed E-state index contributed by atoms with van der Waals surface area (Å²) in [5.41, 5.74) is 2.87. The molecule has 4 rings (SSSR count). The summed E-state index contributed by atoms with van der Waals surface area (Å²) in [6, 6.07) is 17.9. The van der Waals surface area contributed by atoms with Crippen LogP contribution in [0.5, 0.6) is 0 Å². The van der Waals surface area contributed by atoms with Crippen molar-refractivity contribution in [2.24, 2.45) is 11.8 Å². The van der Waals surface area contributed by atoms with Gasteiger partial charge in [-0.25, -0.2) is 4.79 Å². The molecular weight excluding hydrogens is 300 g/mol. The maximum Gasteiger partial charge on any atom is 0.411 e. The number of benzene rings is 2. The smallest absolute Gasteiger partial charge is 0.411 e. The number of nitrogens with one attached hydrogen (secondary N) is 2. The van der Waals surface area contributed by atoms with Gasteiger partial charge >= 0.3 is 6.09 Å². The Morgan fingerprint density at radius 3 is 2.38 bits per heavy atom. The number of carbonyl (C=O) groups excluding carboxylic acids is 1. The first kappa shape index (κ1) is 15.2. The summed E-state index contributed by atoms with van der Waals surface area (Å²) in [5.74, 6) is 1.33. The molecule has 1 heterocycles. The van der Waals surface area contributed by atoms with Crippen molar-refractivity contribution in [1.29, 1.82) is 0 Å². The van der Waals surface area contributed by atoms with Crippen LogP contribution in [0.25, 0.3) is 11.1 Å². The van der Waals surface area contributed by atoms with Crippen LogP contribution in [-0.4, -0.2) is 25.3 Å². The lowest BCUT2D eigenvalue weighted by molar-refractivity contribution is 0.110. The summed E-state index contributed by atoms with van der Waals surface area (Å²) >= 11 is 0. The van der Waals surface area contributed by atoms with E-state index in [1.165, 1.54) is 0 Å². The van der Waals surface area contributed by atoms with E-state index in [-0.39, 0.29) is 12.2 Å². The molecule has 2 aromatic rings. The number of amides is 1. The highest BCUT2D eigenvalue weighted by Crippen LogP contribution is 2.36. The van der Waals surface area contributed by atoms with Crippen molar-refractivity contribution in [1.82, 2.24) is 5.32 Å². The van der Waals surface area contributed by atoms with Gasteiger partial charge in [0.2, 0.25) is 0 Å². The standard InChI is InChI=1S/C20H22N2O2/c23-20(24-17-10-15-12-21-13-16(15)11-17)22-19-9-5-4-8-18(19)14-6-2-1-3-7-14/h1-9,15-17,21H,10-13H2,(H,22,23)/t15-,16+,17+. The Morgan fingerprint density at radius 2 is 1.62 bits per heavy atom. The number of hydrogen-bond donors (Lipinski definition) is 2. The third kappa shape index (κ3) is 3.15. The Kier molecular flexibility index (Phi) is 4.22. The van der Waals surface area contributed by atoms with Crippen LogP contribution in [0.1, 0.15) is 12.8 Å². The zero-order chi connectivity index (χ0) is 16.4. The molecule has 0 spiro atoms. The number of hydrogen-bond acceptors (Lipinski definition) is 3. The van der Waals surface area contributed by atoms with E-state index in [0.717, 1.165) is 42.7 Å². The molecule has 2 N–H and O–H groups in total. The van der Waals surface area contributed by atoms with Crippen LogP contribution in [0.2, 0.25) is 0 Å². The molecule has 0 radical (unpaired) electrons. The summed E-state index contributed by atoms with van der Waals surface area (Å²) in [7, 11) is 0. The number of rotatable bonds is 3. The summed E-state index contributed by atoms with van der Waals surface area (Å²) in [6.45, 7) is 2.12. The highest BCUT2D eigenvalue weighted by molar-refractivity contribution is 5.91. The molecule has 1 saturated carbocycles. The van der Waals surface area contributed by atoms with Gasteiger partial charge in [0, 0.05) is 5.56 Å². The van der Waals surface area contributed by atoms with Crippen LogP contribution in [0.15, 0.2) is 54.6 Å². The van der Waals surface area contributed by atoms with Gasteiger partial charge in [0.15, 0.2) is 0 Å². The van der Waals surface area contributed by atoms with Crippen LogP contribution in [0.3, 0.4) is 0 Å². The van der Waals surface area contributed by atoms with Crippen molar-refractivity contribution in [3.05, 3.63) is 54.6 Å². The van der Waals surface area contributed by atoms with E-state index in [1.807, 2.05) is 54.6 Å². The molecule has 124 valence electrons. The second-order valence-corrected chi connectivity index (χ2v) is 6.71. The lowest BCUT2D eigenvalue weighted by atomic mass is 10.0. The number of para-hydroxylation sites is 1. The van der Waals surface area contributed by atoms with Crippen LogP contribution in [0.4, 0.5) is 10.5 Å². The van der Waals surface area contributed by atoms with Crippen molar-refractivity contribution in [3.8, 4) is 11.1 Å². The summed E-state index contributed by atoms with van der Waals surface area (Å²) in [5, 5.41) is 6.33. The van der Waals surface area contributed by atoms with Gasteiger partial charge in [-0.2, -0.15) is 0 Å². The van der Waals surface area contributed by atoms with Crippen molar-refractivity contribution < 1.29 is 9.53 Å². The predicted octanol–water partition coefficient (Wildman–Crippen LogP) is 3.90. The molecule has 2 fully saturated rings. The Labute approximate surface area is 142 Å². The molecule has 4 heteroatoms. The molecule has 2 aliphatic rings. The third-order valence-corrected chi connectivity index (χ3v) is 5.13. The first-order valence-corrected chi connectivity index (χ1v) is 8.62.